The lowest BCUT2D eigenvalue weighted by molar-refractivity contribution is 0.398. The van der Waals surface area contributed by atoms with E-state index in [0.717, 1.165) is 17.0 Å². The minimum atomic E-state index is -0.0996. The Morgan fingerprint density at radius 3 is 2.79 bits per heavy atom. The molecular weight excluding hydrogens is 328 g/mol. The number of nitrogens with one attached hydrogen (secondary N) is 1. The summed E-state index contributed by atoms with van der Waals surface area (Å²) in [6.45, 7) is 2.40. The van der Waals surface area contributed by atoms with Crippen molar-refractivity contribution in [1.82, 2.24) is 19.5 Å². The van der Waals surface area contributed by atoms with Crippen molar-refractivity contribution < 1.29 is 4.74 Å². The molecule has 3 aromatic rings. The van der Waals surface area contributed by atoms with E-state index in [9.17, 15) is 4.79 Å². The highest BCUT2D eigenvalue weighted by Crippen LogP contribution is 2.28. The Morgan fingerprint density at radius 2 is 2.17 bits per heavy atom. The van der Waals surface area contributed by atoms with Crippen LogP contribution in [0.25, 0.3) is 10.6 Å². The van der Waals surface area contributed by atoms with E-state index in [1.807, 2.05) is 13.0 Å². The second kappa shape index (κ2) is 6.67. The summed E-state index contributed by atoms with van der Waals surface area (Å²) >= 11 is 1.07. The lowest BCUT2D eigenvalue weighted by Gasteiger charge is -2.07. The van der Waals surface area contributed by atoms with Gasteiger partial charge in [-0.05, 0) is 19.1 Å². The molecule has 3 heterocycles. The molecule has 0 fully saturated rings. The summed E-state index contributed by atoms with van der Waals surface area (Å²) in [5, 5.41) is 3.06. The molecule has 9 heteroatoms. The summed E-state index contributed by atoms with van der Waals surface area (Å²) < 4.78 is 6.54. The fraction of sp³-hybridized carbons (Fsp3) is 0.200. The first kappa shape index (κ1) is 15.9. The van der Waals surface area contributed by atoms with Crippen molar-refractivity contribution >= 4 is 28.8 Å². The molecular formula is C15H16N6O2S. The van der Waals surface area contributed by atoms with Crippen LogP contribution >= 0.6 is 11.3 Å². The van der Waals surface area contributed by atoms with E-state index >= 15 is 0 Å². The van der Waals surface area contributed by atoms with E-state index in [1.165, 1.54) is 4.57 Å². The first-order chi connectivity index (χ1) is 11.6. The third kappa shape index (κ3) is 3.06. The zero-order valence-corrected chi connectivity index (χ0v) is 14.0. The second-order valence-corrected chi connectivity index (χ2v) is 5.77. The number of rotatable bonds is 5. The number of hydrogen-bond donors (Lipinski definition) is 2. The molecule has 0 spiro atoms. The maximum atomic E-state index is 11.9. The van der Waals surface area contributed by atoms with Crippen molar-refractivity contribution in [3.63, 3.8) is 0 Å². The molecule has 3 aromatic heterocycles. The maximum absolute atomic E-state index is 11.9. The van der Waals surface area contributed by atoms with Gasteiger partial charge < -0.3 is 15.8 Å². The summed E-state index contributed by atoms with van der Waals surface area (Å²) in [6, 6.07) is 5.26. The van der Waals surface area contributed by atoms with Gasteiger partial charge in [-0.3, -0.25) is 9.36 Å². The van der Waals surface area contributed by atoms with Gasteiger partial charge in [-0.15, -0.1) is 0 Å². The number of nitrogens with two attached hydrogens (primary N) is 1. The minimum absolute atomic E-state index is 0.0996. The molecule has 8 nitrogen and oxygen atoms in total. The molecule has 0 atom stereocenters. The summed E-state index contributed by atoms with van der Waals surface area (Å²) in [5.74, 6) is 1.33. The fourth-order valence-corrected chi connectivity index (χ4v) is 3.09. The Labute approximate surface area is 142 Å². The van der Waals surface area contributed by atoms with Gasteiger partial charge in [0.25, 0.3) is 0 Å². The summed E-state index contributed by atoms with van der Waals surface area (Å²) in [5.41, 5.74) is 7.37. The molecule has 0 radical (unpaired) electrons. The minimum Gasteiger partial charge on any atom is -0.481 e. The molecule has 24 heavy (non-hydrogen) atoms. The normalized spacial score (nSPS) is 10.6. The average molecular weight is 344 g/mol. The van der Waals surface area contributed by atoms with Gasteiger partial charge in [-0.2, -0.15) is 0 Å². The lowest BCUT2D eigenvalue weighted by Crippen LogP contribution is -2.13. The van der Waals surface area contributed by atoms with E-state index < -0.39 is 0 Å². The third-order valence-electron chi connectivity index (χ3n) is 3.34. The zero-order chi connectivity index (χ0) is 17.1. The van der Waals surface area contributed by atoms with Crippen molar-refractivity contribution in [3.05, 3.63) is 40.3 Å². The largest absolute Gasteiger partial charge is 0.481 e. The Morgan fingerprint density at radius 1 is 1.33 bits per heavy atom. The number of ether oxygens (including phenoxy) is 1. The van der Waals surface area contributed by atoms with Gasteiger partial charge in [0.15, 0.2) is 0 Å². The van der Waals surface area contributed by atoms with Crippen LogP contribution in [-0.4, -0.2) is 26.6 Å². The van der Waals surface area contributed by atoms with Gasteiger partial charge >= 0.3 is 4.87 Å². The average Bonchev–Trinajstić information content (AvgIpc) is 2.89. The summed E-state index contributed by atoms with van der Waals surface area (Å²) in [6.07, 6.45) is 3.23. The molecule has 0 aromatic carbocycles. The Bertz CT molecular complexity index is 903. The smallest absolute Gasteiger partial charge is 0.309 e. The van der Waals surface area contributed by atoms with Crippen molar-refractivity contribution in [3.8, 4) is 16.5 Å². The molecule has 0 saturated heterocycles. The van der Waals surface area contributed by atoms with E-state index in [4.69, 9.17) is 10.5 Å². The van der Waals surface area contributed by atoms with Gasteiger partial charge in [-0.1, -0.05) is 11.3 Å². The van der Waals surface area contributed by atoms with Crippen molar-refractivity contribution in [1.29, 1.82) is 0 Å². The van der Waals surface area contributed by atoms with E-state index in [0.29, 0.717) is 34.8 Å². The van der Waals surface area contributed by atoms with Crippen molar-refractivity contribution in [2.45, 2.75) is 13.5 Å². The molecule has 124 valence electrons. The van der Waals surface area contributed by atoms with Crippen LogP contribution in [0, 0.1) is 0 Å². The molecule has 0 saturated carbocycles. The Kier molecular flexibility index (Phi) is 4.43. The van der Waals surface area contributed by atoms with Crippen LogP contribution in [0.15, 0.2) is 35.4 Å². The number of methoxy groups -OCH3 is 1. The highest BCUT2D eigenvalue weighted by molar-refractivity contribution is 7.13. The number of hydrogen-bond acceptors (Lipinski definition) is 8. The van der Waals surface area contributed by atoms with Crippen molar-refractivity contribution in [2.24, 2.45) is 0 Å². The number of thiazole rings is 1. The van der Waals surface area contributed by atoms with Crippen LogP contribution in [0.3, 0.4) is 0 Å². The lowest BCUT2D eigenvalue weighted by atomic mass is 10.3. The SMILES string of the molecule is CCn1c(N)c(-c2ccnc(Nc3ccc(OC)nc3)n2)sc1=O. The van der Waals surface area contributed by atoms with E-state index in [1.54, 1.807) is 31.6 Å². The van der Waals surface area contributed by atoms with Gasteiger partial charge in [0.1, 0.15) is 5.82 Å². The molecule has 0 bridgehead atoms. The van der Waals surface area contributed by atoms with Crippen molar-refractivity contribution in [2.75, 3.05) is 18.2 Å². The maximum Gasteiger partial charge on any atom is 0.309 e. The molecule has 0 aliphatic rings. The molecule has 0 amide bonds. The van der Waals surface area contributed by atoms with Gasteiger partial charge in [0.05, 0.1) is 29.6 Å². The fourth-order valence-electron chi connectivity index (χ4n) is 2.15. The highest BCUT2D eigenvalue weighted by Gasteiger charge is 2.14. The van der Waals surface area contributed by atoms with Gasteiger partial charge in [-0.25, -0.2) is 15.0 Å². The van der Waals surface area contributed by atoms with Crippen LogP contribution in [0.5, 0.6) is 5.88 Å². The second-order valence-electron chi connectivity index (χ2n) is 4.81. The van der Waals surface area contributed by atoms with Gasteiger partial charge in [0, 0.05) is 18.8 Å². The molecule has 3 rings (SSSR count). The number of pyridine rings is 1. The topological polar surface area (TPSA) is 108 Å². The first-order valence-electron chi connectivity index (χ1n) is 7.22. The number of aromatic nitrogens is 4. The number of nitrogens with zero attached hydrogens (tertiary/aromatic N) is 4. The predicted octanol–water partition coefficient (Wildman–Crippen LogP) is 2.12. The Hall–Kier alpha value is -2.94. The Balaban J connectivity index is 1.90. The van der Waals surface area contributed by atoms with Crippen LogP contribution in [0.1, 0.15) is 6.92 Å². The standard InChI is InChI=1S/C15H16N6O2S/c1-3-21-13(16)12(24-15(21)22)10-6-7-17-14(20-10)19-9-4-5-11(23-2)18-8-9/h4-8H,3,16H2,1-2H3,(H,17,19,20). The molecule has 0 unspecified atom stereocenters. The number of nitrogen functional groups attached to an aromatic ring is 1. The van der Waals surface area contributed by atoms with Crippen LogP contribution < -0.4 is 20.7 Å². The molecule has 3 N–H and O–H groups in total. The van der Waals surface area contributed by atoms with Gasteiger partial charge in [0.2, 0.25) is 11.8 Å². The molecule has 0 aliphatic carbocycles. The highest BCUT2D eigenvalue weighted by atomic mass is 32.1. The van der Waals surface area contributed by atoms with E-state index in [2.05, 4.69) is 20.3 Å². The van der Waals surface area contributed by atoms with Crippen LogP contribution in [0.2, 0.25) is 0 Å². The van der Waals surface area contributed by atoms with E-state index in [-0.39, 0.29) is 4.87 Å². The number of anilines is 3. The zero-order valence-electron chi connectivity index (χ0n) is 13.2. The molecule has 0 aliphatic heterocycles. The predicted molar refractivity (Wildman–Crippen MR) is 93.8 cm³/mol. The summed E-state index contributed by atoms with van der Waals surface area (Å²) in [7, 11) is 1.56. The summed E-state index contributed by atoms with van der Waals surface area (Å²) in [4.78, 5) is 25.2. The first-order valence-corrected chi connectivity index (χ1v) is 8.03. The van der Waals surface area contributed by atoms with Crippen LogP contribution in [-0.2, 0) is 6.54 Å². The quantitative estimate of drug-likeness (QED) is 0.730. The third-order valence-corrected chi connectivity index (χ3v) is 4.36. The van der Waals surface area contributed by atoms with Crippen LogP contribution in [0.4, 0.5) is 17.5 Å². The monoisotopic (exact) mass is 344 g/mol.